The van der Waals surface area contributed by atoms with Gasteiger partial charge in [-0.15, -0.1) is 0 Å². The molecule has 4 N–H and O–H groups in total. The predicted octanol–water partition coefficient (Wildman–Crippen LogP) is 1.84. The minimum absolute atomic E-state index is 0.0199. The maximum Gasteiger partial charge on any atom is 0.338 e. The Bertz CT molecular complexity index is 674. The summed E-state index contributed by atoms with van der Waals surface area (Å²) in [5, 5.41) is 19.8. The first kappa shape index (κ1) is 15.5. The number of carboxylic acid groups (broad SMARTS) is 1. The maximum absolute atomic E-state index is 11.6. The number of benzene rings is 1. The van der Waals surface area contributed by atoms with E-state index in [0.717, 1.165) is 35.0 Å². The van der Waals surface area contributed by atoms with Crippen molar-refractivity contribution in [3.63, 3.8) is 0 Å². The van der Waals surface area contributed by atoms with Crippen LogP contribution in [0.4, 0.5) is 0 Å². The number of fused-ring (bicyclic) bond motifs is 1. The Kier molecular flexibility index (Phi) is 4.65. The van der Waals surface area contributed by atoms with Gasteiger partial charge in [-0.2, -0.15) is 0 Å². The molecule has 1 heterocycles. The molecule has 0 bridgehead atoms. The van der Waals surface area contributed by atoms with E-state index in [-0.39, 0.29) is 6.61 Å². The summed E-state index contributed by atoms with van der Waals surface area (Å²) in [6.45, 7) is 4.75. The second-order valence-electron chi connectivity index (χ2n) is 5.29. The Morgan fingerprint density at radius 1 is 1.33 bits per heavy atom. The van der Waals surface area contributed by atoms with Crippen LogP contribution in [-0.4, -0.2) is 33.9 Å². The summed E-state index contributed by atoms with van der Waals surface area (Å²) in [6.07, 6.45) is 1.68. The van der Waals surface area contributed by atoms with E-state index in [4.69, 9.17) is 5.73 Å². The molecule has 1 aromatic heterocycles. The van der Waals surface area contributed by atoms with Gasteiger partial charge in [-0.3, -0.25) is 0 Å². The van der Waals surface area contributed by atoms with Crippen molar-refractivity contribution >= 4 is 16.9 Å². The average Bonchev–Trinajstić information content (AvgIpc) is 2.69. The highest BCUT2D eigenvalue weighted by atomic mass is 16.4. The van der Waals surface area contributed by atoms with E-state index < -0.39 is 5.97 Å². The highest BCUT2D eigenvalue weighted by Gasteiger charge is 2.21. The van der Waals surface area contributed by atoms with Crippen LogP contribution in [0.5, 0.6) is 0 Å². The van der Waals surface area contributed by atoms with Crippen molar-refractivity contribution in [1.29, 1.82) is 0 Å². The first-order valence-electron chi connectivity index (χ1n) is 7.18. The van der Waals surface area contributed by atoms with Gasteiger partial charge in [-0.25, -0.2) is 4.79 Å². The van der Waals surface area contributed by atoms with E-state index in [9.17, 15) is 15.0 Å². The molecule has 114 valence electrons. The number of hydrogen-bond acceptors (Lipinski definition) is 3. The lowest BCUT2D eigenvalue weighted by molar-refractivity contribution is 0.0697. The van der Waals surface area contributed by atoms with Gasteiger partial charge >= 0.3 is 5.97 Å². The maximum atomic E-state index is 11.6. The van der Waals surface area contributed by atoms with Crippen LogP contribution in [0.2, 0.25) is 0 Å². The van der Waals surface area contributed by atoms with Crippen molar-refractivity contribution < 1.29 is 15.0 Å². The van der Waals surface area contributed by atoms with Crippen LogP contribution in [0.1, 0.15) is 33.6 Å². The average molecular weight is 290 g/mol. The zero-order valence-corrected chi connectivity index (χ0v) is 12.5. The highest BCUT2D eigenvalue weighted by molar-refractivity contribution is 6.05. The number of nitrogens with two attached hydrogens (primary N) is 1. The SMILES string of the molecule is Cc1ccc2c(CCCN)c(C)n(CCO)c2c1C(=O)O. The van der Waals surface area contributed by atoms with Crippen LogP contribution >= 0.6 is 0 Å². The molecule has 0 fully saturated rings. The summed E-state index contributed by atoms with van der Waals surface area (Å²) in [7, 11) is 0. The van der Waals surface area contributed by atoms with Gasteiger partial charge in [0.1, 0.15) is 0 Å². The topological polar surface area (TPSA) is 88.5 Å². The molecular weight excluding hydrogens is 268 g/mol. The first-order valence-corrected chi connectivity index (χ1v) is 7.18. The van der Waals surface area contributed by atoms with Crippen molar-refractivity contribution in [1.82, 2.24) is 4.57 Å². The Hall–Kier alpha value is -1.85. The first-order chi connectivity index (χ1) is 10.0. The highest BCUT2D eigenvalue weighted by Crippen LogP contribution is 2.31. The molecule has 0 aliphatic rings. The van der Waals surface area contributed by atoms with Gasteiger partial charge in [0, 0.05) is 17.6 Å². The fraction of sp³-hybridized carbons (Fsp3) is 0.438. The van der Waals surface area contributed by atoms with Crippen molar-refractivity contribution in [3.8, 4) is 0 Å². The molecule has 0 radical (unpaired) electrons. The number of carbonyl (C=O) groups is 1. The van der Waals surface area contributed by atoms with Crippen molar-refractivity contribution in [3.05, 3.63) is 34.5 Å². The summed E-state index contributed by atoms with van der Waals surface area (Å²) in [5.74, 6) is -0.930. The predicted molar refractivity (Wildman–Crippen MR) is 82.8 cm³/mol. The molecule has 0 spiro atoms. The standard InChI is InChI=1S/C16H22N2O3/c1-10-5-6-13-12(4-3-7-17)11(2)18(8-9-19)15(13)14(10)16(20)21/h5-6,19H,3-4,7-9,17H2,1-2H3,(H,20,21). The molecule has 0 saturated carbocycles. The molecule has 5 nitrogen and oxygen atoms in total. The molecule has 0 aliphatic carbocycles. The largest absolute Gasteiger partial charge is 0.478 e. The van der Waals surface area contributed by atoms with Gasteiger partial charge in [0.15, 0.2) is 0 Å². The molecule has 2 aromatic rings. The van der Waals surface area contributed by atoms with E-state index in [1.165, 1.54) is 0 Å². The molecule has 5 heteroatoms. The van der Waals surface area contributed by atoms with E-state index in [2.05, 4.69) is 0 Å². The molecule has 2 rings (SSSR count). The molecule has 0 amide bonds. The van der Waals surface area contributed by atoms with Crippen LogP contribution in [-0.2, 0) is 13.0 Å². The minimum Gasteiger partial charge on any atom is -0.478 e. The Morgan fingerprint density at radius 2 is 2.05 bits per heavy atom. The number of aryl methyl sites for hydroxylation is 2. The van der Waals surface area contributed by atoms with E-state index >= 15 is 0 Å². The Morgan fingerprint density at radius 3 is 2.62 bits per heavy atom. The summed E-state index contributed by atoms with van der Waals surface area (Å²) in [5.41, 5.74) is 9.51. The Labute approximate surface area is 124 Å². The van der Waals surface area contributed by atoms with Crippen LogP contribution < -0.4 is 5.73 Å². The second-order valence-corrected chi connectivity index (χ2v) is 5.29. The molecule has 0 saturated heterocycles. The van der Waals surface area contributed by atoms with Gasteiger partial charge in [0.25, 0.3) is 0 Å². The molecule has 0 unspecified atom stereocenters. The van der Waals surface area contributed by atoms with Gasteiger partial charge in [0.2, 0.25) is 0 Å². The van der Waals surface area contributed by atoms with Gasteiger partial charge in [0.05, 0.1) is 17.7 Å². The van der Waals surface area contributed by atoms with Crippen LogP contribution in [0.25, 0.3) is 10.9 Å². The third-order valence-electron chi connectivity index (χ3n) is 3.99. The number of carboxylic acids is 1. The summed E-state index contributed by atoms with van der Waals surface area (Å²) in [6, 6.07) is 3.82. The molecule has 0 atom stereocenters. The number of aromatic nitrogens is 1. The van der Waals surface area contributed by atoms with Crippen molar-refractivity contribution in [2.24, 2.45) is 5.73 Å². The zero-order valence-electron chi connectivity index (χ0n) is 12.5. The quantitative estimate of drug-likeness (QED) is 0.757. The number of nitrogens with zero attached hydrogens (tertiary/aromatic N) is 1. The molecule has 21 heavy (non-hydrogen) atoms. The number of aromatic carboxylic acids is 1. The molecular formula is C16H22N2O3. The summed E-state index contributed by atoms with van der Waals surface area (Å²) >= 11 is 0. The van der Waals surface area contributed by atoms with E-state index in [1.807, 2.05) is 23.6 Å². The number of aliphatic hydroxyl groups is 1. The molecule has 0 aliphatic heterocycles. The van der Waals surface area contributed by atoms with Gasteiger partial charge < -0.3 is 20.5 Å². The number of hydrogen-bond donors (Lipinski definition) is 3. The summed E-state index contributed by atoms with van der Waals surface area (Å²) < 4.78 is 1.91. The third-order valence-corrected chi connectivity index (χ3v) is 3.99. The lowest BCUT2D eigenvalue weighted by atomic mass is 10.0. The number of aliphatic hydroxyl groups excluding tert-OH is 1. The smallest absolute Gasteiger partial charge is 0.338 e. The lowest BCUT2D eigenvalue weighted by Crippen LogP contribution is -2.09. The van der Waals surface area contributed by atoms with Crippen LogP contribution in [0.15, 0.2) is 12.1 Å². The van der Waals surface area contributed by atoms with E-state index in [0.29, 0.717) is 24.2 Å². The normalized spacial score (nSPS) is 11.2. The van der Waals surface area contributed by atoms with Gasteiger partial charge in [-0.05, 0) is 44.4 Å². The van der Waals surface area contributed by atoms with Gasteiger partial charge in [-0.1, -0.05) is 12.1 Å². The third kappa shape index (κ3) is 2.66. The monoisotopic (exact) mass is 290 g/mol. The number of rotatable bonds is 6. The van der Waals surface area contributed by atoms with Crippen molar-refractivity contribution in [2.45, 2.75) is 33.2 Å². The fourth-order valence-electron chi connectivity index (χ4n) is 2.99. The van der Waals surface area contributed by atoms with Crippen molar-refractivity contribution in [2.75, 3.05) is 13.2 Å². The minimum atomic E-state index is -0.930. The van der Waals surface area contributed by atoms with Crippen LogP contribution in [0, 0.1) is 13.8 Å². The molecule has 1 aromatic carbocycles. The zero-order chi connectivity index (χ0) is 15.6. The Balaban J connectivity index is 2.80. The fourth-order valence-corrected chi connectivity index (χ4v) is 2.99. The second kappa shape index (κ2) is 6.28. The van der Waals surface area contributed by atoms with Crippen LogP contribution in [0.3, 0.4) is 0 Å². The van der Waals surface area contributed by atoms with E-state index in [1.54, 1.807) is 6.92 Å². The lowest BCUT2D eigenvalue weighted by Gasteiger charge is -2.09. The summed E-state index contributed by atoms with van der Waals surface area (Å²) in [4.78, 5) is 11.6.